The monoisotopic (exact) mass is 254 g/mol. The zero-order chi connectivity index (χ0) is 12.3. The molecule has 94 valence electrons. The van der Waals surface area contributed by atoms with Crippen LogP contribution in [-0.4, -0.2) is 29.1 Å². The van der Waals surface area contributed by atoms with Gasteiger partial charge in [0.25, 0.3) is 0 Å². The number of aliphatic carboxylic acids is 1. The zero-order valence-corrected chi connectivity index (χ0v) is 10.9. The summed E-state index contributed by atoms with van der Waals surface area (Å²) in [6.45, 7) is 4.13. The maximum Gasteiger partial charge on any atom is 0.309 e. The Bertz CT molecular complexity index is 388. The van der Waals surface area contributed by atoms with Crippen LogP contribution in [0.4, 0.5) is 5.13 Å². The van der Waals surface area contributed by atoms with E-state index in [1.54, 1.807) is 11.3 Å². The van der Waals surface area contributed by atoms with E-state index >= 15 is 0 Å². The Kier molecular flexibility index (Phi) is 3.99. The molecule has 1 aliphatic carbocycles. The number of anilines is 1. The van der Waals surface area contributed by atoms with Gasteiger partial charge in [-0.2, -0.15) is 0 Å². The van der Waals surface area contributed by atoms with Crippen LogP contribution in [0.2, 0.25) is 0 Å². The van der Waals surface area contributed by atoms with Crippen molar-refractivity contribution in [2.24, 2.45) is 5.92 Å². The fourth-order valence-electron chi connectivity index (χ4n) is 2.01. The van der Waals surface area contributed by atoms with Gasteiger partial charge in [-0.25, -0.2) is 4.98 Å². The average molecular weight is 254 g/mol. The van der Waals surface area contributed by atoms with Gasteiger partial charge in [0.05, 0.1) is 12.1 Å². The Hall–Kier alpha value is -1.10. The first-order chi connectivity index (χ1) is 8.19. The van der Waals surface area contributed by atoms with Crippen LogP contribution >= 0.6 is 11.3 Å². The molecular formula is C12H18N2O2S. The van der Waals surface area contributed by atoms with E-state index in [0.717, 1.165) is 24.1 Å². The molecular weight excluding hydrogens is 236 g/mol. The first-order valence-electron chi connectivity index (χ1n) is 6.10. The lowest BCUT2D eigenvalue weighted by atomic mass is 9.85. The Morgan fingerprint density at radius 3 is 2.94 bits per heavy atom. The van der Waals surface area contributed by atoms with Crippen LogP contribution in [0.15, 0.2) is 5.38 Å². The highest BCUT2D eigenvalue weighted by molar-refractivity contribution is 7.13. The van der Waals surface area contributed by atoms with Crippen LogP contribution in [0, 0.1) is 5.92 Å². The second kappa shape index (κ2) is 5.49. The van der Waals surface area contributed by atoms with Crippen molar-refractivity contribution in [3.63, 3.8) is 0 Å². The summed E-state index contributed by atoms with van der Waals surface area (Å²) >= 11 is 1.55. The van der Waals surface area contributed by atoms with Gasteiger partial charge in [-0.1, -0.05) is 6.42 Å². The van der Waals surface area contributed by atoms with Gasteiger partial charge in [0.15, 0.2) is 5.13 Å². The molecule has 1 aromatic rings. The van der Waals surface area contributed by atoms with E-state index in [1.165, 1.54) is 19.3 Å². The third kappa shape index (κ3) is 3.19. The van der Waals surface area contributed by atoms with Crippen LogP contribution < -0.4 is 4.90 Å². The molecule has 4 nitrogen and oxygen atoms in total. The second-order valence-electron chi connectivity index (χ2n) is 4.53. The third-order valence-corrected chi connectivity index (χ3v) is 4.18. The molecule has 1 heterocycles. The Morgan fingerprint density at radius 1 is 1.65 bits per heavy atom. The maximum absolute atomic E-state index is 10.6. The molecule has 0 spiro atoms. The molecule has 0 aliphatic heterocycles. The molecule has 1 aliphatic rings. The minimum atomic E-state index is -0.816. The predicted octanol–water partition coefficient (Wildman–Crippen LogP) is 2.40. The van der Waals surface area contributed by atoms with Gasteiger partial charge >= 0.3 is 5.97 Å². The van der Waals surface area contributed by atoms with Crippen LogP contribution in [-0.2, 0) is 11.2 Å². The topological polar surface area (TPSA) is 53.4 Å². The molecule has 0 atom stereocenters. The standard InChI is InChI=1S/C12H18N2O2S/c1-2-14(7-9-4-3-5-9)12-13-10(8-17-12)6-11(15)16/h8-9H,2-7H2,1H3,(H,15,16). The summed E-state index contributed by atoms with van der Waals surface area (Å²) in [4.78, 5) is 17.3. The SMILES string of the molecule is CCN(CC1CCC1)c1nc(CC(=O)O)cs1. The van der Waals surface area contributed by atoms with Gasteiger partial charge in [-0.15, -0.1) is 11.3 Å². The van der Waals surface area contributed by atoms with Gasteiger partial charge < -0.3 is 10.0 Å². The van der Waals surface area contributed by atoms with Crippen molar-refractivity contribution < 1.29 is 9.90 Å². The normalized spacial score (nSPS) is 15.6. The molecule has 2 rings (SSSR count). The molecule has 0 aromatic carbocycles. The number of aromatic nitrogens is 1. The smallest absolute Gasteiger partial charge is 0.309 e. The summed E-state index contributed by atoms with van der Waals surface area (Å²) < 4.78 is 0. The van der Waals surface area contributed by atoms with Crippen LogP contribution in [0.25, 0.3) is 0 Å². The van der Waals surface area contributed by atoms with E-state index in [-0.39, 0.29) is 6.42 Å². The van der Waals surface area contributed by atoms with Crippen molar-refractivity contribution in [1.29, 1.82) is 0 Å². The summed E-state index contributed by atoms with van der Waals surface area (Å²) in [5, 5.41) is 11.5. The third-order valence-electron chi connectivity index (χ3n) is 3.23. The molecule has 1 aromatic heterocycles. The molecule has 0 radical (unpaired) electrons. The molecule has 0 unspecified atom stereocenters. The van der Waals surface area contributed by atoms with Crippen molar-refractivity contribution in [3.05, 3.63) is 11.1 Å². The molecule has 0 bridgehead atoms. The molecule has 1 saturated carbocycles. The molecule has 17 heavy (non-hydrogen) atoms. The van der Waals surface area contributed by atoms with Crippen molar-refractivity contribution in [3.8, 4) is 0 Å². The molecule has 1 N–H and O–H groups in total. The van der Waals surface area contributed by atoms with E-state index in [1.807, 2.05) is 5.38 Å². The lowest BCUT2D eigenvalue weighted by Gasteiger charge is -2.31. The molecule has 0 amide bonds. The number of rotatable bonds is 6. The highest BCUT2D eigenvalue weighted by Crippen LogP contribution is 2.30. The Labute approximate surface area is 105 Å². The number of carbonyl (C=O) groups is 1. The number of nitrogens with zero attached hydrogens (tertiary/aromatic N) is 2. The van der Waals surface area contributed by atoms with Gasteiger partial charge in [0.2, 0.25) is 0 Å². The lowest BCUT2D eigenvalue weighted by Crippen LogP contribution is -2.32. The van der Waals surface area contributed by atoms with Gasteiger partial charge in [-0.3, -0.25) is 4.79 Å². The average Bonchev–Trinajstić information content (AvgIpc) is 2.64. The number of hydrogen-bond donors (Lipinski definition) is 1. The van der Waals surface area contributed by atoms with E-state index in [9.17, 15) is 4.79 Å². The van der Waals surface area contributed by atoms with Crippen molar-refractivity contribution in [1.82, 2.24) is 4.98 Å². The summed E-state index contributed by atoms with van der Waals surface area (Å²) in [5.74, 6) is -0.00864. The predicted molar refractivity (Wildman–Crippen MR) is 68.7 cm³/mol. The van der Waals surface area contributed by atoms with Gasteiger partial charge in [0, 0.05) is 18.5 Å². The highest BCUT2D eigenvalue weighted by Gasteiger charge is 2.21. The van der Waals surface area contributed by atoms with Crippen molar-refractivity contribution in [2.45, 2.75) is 32.6 Å². The fraction of sp³-hybridized carbons (Fsp3) is 0.667. The lowest BCUT2D eigenvalue weighted by molar-refractivity contribution is -0.136. The summed E-state index contributed by atoms with van der Waals surface area (Å²) in [5.41, 5.74) is 0.671. The van der Waals surface area contributed by atoms with Crippen molar-refractivity contribution in [2.75, 3.05) is 18.0 Å². The van der Waals surface area contributed by atoms with Crippen LogP contribution in [0.1, 0.15) is 31.9 Å². The second-order valence-corrected chi connectivity index (χ2v) is 5.36. The first-order valence-corrected chi connectivity index (χ1v) is 6.98. The van der Waals surface area contributed by atoms with E-state index < -0.39 is 5.97 Å². The van der Waals surface area contributed by atoms with E-state index in [0.29, 0.717) is 5.69 Å². The van der Waals surface area contributed by atoms with Crippen LogP contribution in [0.3, 0.4) is 0 Å². The Balaban J connectivity index is 1.97. The number of carboxylic acids is 1. The largest absolute Gasteiger partial charge is 0.481 e. The summed E-state index contributed by atoms with van der Waals surface area (Å²) in [6.07, 6.45) is 4.02. The zero-order valence-electron chi connectivity index (χ0n) is 10.1. The Morgan fingerprint density at radius 2 is 2.41 bits per heavy atom. The molecule has 1 fully saturated rings. The maximum atomic E-state index is 10.6. The first kappa shape index (κ1) is 12.4. The minimum Gasteiger partial charge on any atom is -0.481 e. The molecule has 5 heteroatoms. The van der Waals surface area contributed by atoms with Gasteiger partial charge in [-0.05, 0) is 25.7 Å². The van der Waals surface area contributed by atoms with Gasteiger partial charge in [0.1, 0.15) is 0 Å². The minimum absolute atomic E-state index is 0.0253. The van der Waals surface area contributed by atoms with Crippen LogP contribution in [0.5, 0.6) is 0 Å². The number of thiazole rings is 1. The number of hydrogen-bond acceptors (Lipinski definition) is 4. The number of carboxylic acid groups (broad SMARTS) is 1. The molecule has 0 saturated heterocycles. The summed E-state index contributed by atoms with van der Waals surface area (Å²) in [7, 11) is 0. The fourth-order valence-corrected chi connectivity index (χ4v) is 2.91. The van der Waals surface area contributed by atoms with E-state index in [2.05, 4.69) is 16.8 Å². The summed E-state index contributed by atoms with van der Waals surface area (Å²) in [6, 6.07) is 0. The highest BCUT2D eigenvalue weighted by atomic mass is 32.1. The van der Waals surface area contributed by atoms with Crippen molar-refractivity contribution >= 4 is 22.4 Å². The quantitative estimate of drug-likeness (QED) is 0.847. The van der Waals surface area contributed by atoms with E-state index in [4.69, 9.17) is 5.11 Å².